The maximum Gasteiger partial charge on any atom is 0.263 e. The van der Waals surface area contributed by atoms with Gasteiger partial charge in [-0.1, -0.05) is 0 Å². The summed E-state index contributed by atoms with van der Waals surface area (Å²) in [4.78, 5) is 20.5. The lowest BCUT2D eigenvalue weighted by Crippen LogP contribution is -2.15. The first-order valence-corrected chi connectivity index (χ1v) is 11.3. The molecule has 0 bridgehead atoms. The normalized spacial score (nSPS) is 11.3. The Morgan fingerprint density at radius 2 is 1.70 bits per heavy atom. The van der Waals surface area contributed by atoms with Crippen molar-refractivity contribution in [2.45, 2.75) is 18.7 Å². The zero-order chi connectivity index (χ0) is 24.0. The summed E-state index contributed by atoms with van der Waals surface area (Å²) in [5.41, 5.74) is 1.80. The molecule has 172 valence electrons. The first-order valence-electron chi connectivity index (χ1n) is 9.86. The van der Waals surface area contributed by atoms with Crippen molar-refractivity contribution in [3.05, 3.63) is 71.7 Å². The van der Waals surface area contributed by atoms with E-state index in [9.17, 15) is 13.2 Å². The lowest BCUT2D eigenvalue weighted by molar-refractivity contribution is -0.111. The van der Waals surface area contributed by atoms with Gasteiger partial charge in [0.1, 0.15) is 23.1 Å². The molecule has 1 heterocycles. The Kier molecular flexibility index (Phi) is 7.29. The number of nitrogens with zero attached hydrogens (tertiary/aromatic N) is 2. The molecule has 0 unspecified atom stereocenters. The molecule has 0 aliphatic rings. The lowest BCUT2D eigenvalue weighted by atomic mass is 10.1. The molecule has 2 N–H and O–H groups in total. The predicted molar refractivity (Wildman–Crippen MR) is 126 cm³/mol. The third kappa shape index (κ3) is 6.30. The molecule has 10 heteroatoms. The number of rotatable bonds is 8. The van der Waals surface area contributed by atoms with Gasteiger partial charge < -0.3 is 14.8 Å². The largest absolute Gasteiger partial charge is 0.497 e. The van der Waals surface area contributed by atoms with Crippen molar-refractivity contribution in [3.8, 4) is 11.5 Å². The maximum absolute atomic E-state index is 12.6. The number of aromatic nitrogens is 2. The van der Waals surface area contributed by atoms with Crippen LogP contribution in [0.5, 0.6) is 11.5 Å². The van der Waals surface area contributed by atoms with Gasteiger partial charge in [-0.05, 0) is 56.3 Å². The Labute approximate surface area is 192 Å². The number of nitrogens with one attached hydrogen (secondary N) is 2. The predicted octanol–water partition coefficient (Wildman–Crippen LogP) is 3.56. The van der Waals surface area contributed by atoms with Gasteiger partial charge in [0, 0.05) is 35.2 Å². The average Bonchev–Trinajstić information content (AvgIpc) is 2.77. The van der Waals surface area contributed by atoms with Crippen LogP contribution in [0.15, 0.2) is 59.5 Å². The van der Waals surface area contributed by atoms with Gasteiger partial charge in [-0.25, -0.2) is 18.4 Å². The minimum atomic E-state index is -3.84. The fourth-order valence-electron chi connectivity index (χ4n) is 2.99. The van der Waals surface area contributed by atoms with Crippen LogP contribution in [0, 0.1) is 13.8 Å². The van der Waals surface area contributed by atoms with E-state index in [-0.39, 0.29) is 16.6 Å². The highest BCUT2D eigenvalue weighted by atomic mass is 32.2. The van der Waals surface area contributed by atoms with Crippen molar-refractivity contribution < 1.29 is 22.7 Å². The van der Waals surface area contributed by atoms with E-state index >= 15 is 0 Å². The summed E-state index contributed by atoms with van der Waals surface area (Å²) in [6.07, 6.45) is 2.97. The van der Waals surface area contributed by atoms with Crippen molar-refractivity contribution in [3.63, 3.8) is 0 Å². The molecule has 1 amide bonds. The van der Waals surface area contributed by atoms with Crippen LogP contribution in [0.2, 0.25) is 0 Å². The number of carbonyl (C=O) groups excluding carboxylic acids is 1. The molecular weight excluding hydrogens is 444 g/mol. The van der Waals surface area contributed by atoms with E-state index in [1.165, 1.54) is 37.5 Å². The van der Waals surface area contributed by atoms with Gasteiger partial charge in [-0.15, -0.1) is 0 Å². The van der Waals surface area contributed by atoms with Crippen molar-refractivity contribution in [2.75, 3.05) is 24.3 Å². The quantitative estimate of drug-likeness (QED) is 0.485. The number of hydrogen-bond donors (Lipinski definition) is 2. The number of amides is 1. The molecular formula is C23H24N4O5S. The van der Waals surface area contributed by atoms with Gasteiger partial charge in [0.05, 0.1) is 19.1 Å². The third-order valence-corrected chi connectivity index (χ3v) is 5.86. The molecule has 2 aromatic carbocycles. The third-order valence-electron chi connectivity index (χ3n) is 4.49. The molecule has 0 saturated carbocycles. The topological polar surface area (TPSA) is 120 Å². The Balaban J connectivity index is 1.67. The highest BCUT2D eigenvalue weighted by Crippen LogP contribution is 2.25. The van der Waals surface area contributed by atoms with Crippen molar-refractivity contribution in [1.29, 1.82) is 0 Å². The van der Waals surface area contributed by atoms with E-state index < -0.39 is 10.0 Å². The van der Waals surface area contributed by atoms with Crippen LogP contribution in [0.3, 0.4) is 0 Å². The van der Waals surface area contributed by atoms with Gasteiger partial charge >= 0.3 is 0 Å². The van der Waals surface area contributed by atoms with Crippen molar-refractivity contribution >= 4 is 33.5 Å². The zero-order valence-corrected chi connectivity index (χ0v) is 19.4. The SMILES string of the molecule is COc1ccc(/C=C/C(=O)Nc2ccc(S(=O)(=O)Nc3cc(C)nc(C)n3)cc2)c(OC)c1. The molecule has 0 fully saturated rings. The summed E-state index contributed by atoms with van der Waals surface area (Å²) in [7, 11) is -0.754. The number of hydrogen-bond acceptors (Lipinski definition) is 7. The van der Waals surface area contributed by atoms with Gasteiger partial charge in [-0.3, -0.25) is 9.52 Å². The second-order valence-corrected chi connectivity index (χ2v) is 8.68. The molecule has 3 aromatic rings. The van der Waals surface area contributed by atoms with Gasteiger partial charge in [0.2, 0.25) is 5.91 Å². The van der Waals surface area contributed by atoms with E-state index in [4.69, 9.17) is 9.47 Å². The zero-order valence-electron chi connectivity index (χ0n) is 18.6. The highest BCUT2D eigenvalue weighted by molar-refractivity contribution is 7.92. The number of ether oxygens (including phenoxy) is 2. The Morgan fingerprint density at radius 1 is 0.970 bits per heavy atom. The molecule has 0 saturated heterocycles. The van der Waals surface area contributed by atoms with E-state index in [0.29, 0.717) is 34.3 Å². The first kappa shape index (κ1) is 23.7. The molecule has 33 heavy (non-hydrogen) atoms. The molecule has 0 spiro atoms. The standard InChI is InChI=1S/C23H24N4O5S/c1-15-13-22(25-16(2)24-15)27-33(29,30)20-10-7-18(8-11-20)26-23(28)12-6-17-5-9-19(31-3)14-21(17)32-4/h5-14H,1-4H3,(H,26,28)(H,24,25,27)/b12-6+. The molecule has 0 aliphatic heterocycles. The van der Waals surface area contributed by atoms with Crippen LogP contribution in [-0.4, -0.2) is 38.5 Å². The number of anilines is 2. The van der Waals surface area contributed by atoms with Crippen LogP contribution in [0.1, 0.15) is 17.1 Å². The summed E-state index contributed by atoms with van der Waals surface area (Å²) in [5, 5.41) is 2.69. The monoisotopic (exact) mass is 468 g/mol. The van der Waals surface area contributed by atoms with Gasteiger partial charge in [0.15, 0.2) is 0 Å². The molecule has 0 aliphatic carbocycles. The van der Waals surface area contributed by atoms with Crippen LogP contribution < -0.4 is 19.5 Å². The molecule has 9 nitrogen and oxygen atoms in total. The van der Waals surface area contributed by atoms with Crippen molar-refractivity contribution in [1.82, 2.24) is 9.97 Å². The van der Waals surface area contributed by atoms with Crippen LogP contribution in [-0.2, 0) is 14.8 Å². The Hall–Kier alpha value is -3.92. The van der Waals surface area contributed by atoms with Gasteiger partial charge in [-0.2, -0.15) is 0 Å². The summed E-state index contributed by atoms with van der Waals surface area (Å²) in [6, 6.07) is 12.6. The minimum Gasteiger partial charge on any atom is -0.497 e. The number of aryl methyl sites for hydroxylation is 2. The van der Waals surface area contributed by atoms with Gasteiger partial charge in [0.25, 0.3) is 10.0 Å². The van der Waals surface area contributed by atoms with E-state index in [1.54, 1.807) is 51.3 Å². The second-order valence-electron chi connectivity index (χ2n) is 7.00. The maximum atomic E-state index is 12.6. The summed E-state index contributed by atoms with van der Waals surface area (Å²) < 4.78 is 38.2. The number of sulfonamides is 1. The van der Waals surface area contributed by atoms with Crippen LogP contribution in [0.4, 0.5) is 11.5 Å². The summed E-state index contributed by atoms with van der Waals surface area (Å²) >= 11 is 0. The second kappa shape index (κ2) is 10.1. The molecule has 0 radical (unpaired) electrons. The van der Waals surface area contributed by atoms with Crippen LogP contribution in [0.25, 0.3) is 6.08 Å². The fraction of sp³-hybridized carbons (Fsp3) is 0.174. The highest BCUT2D eigenvalue weighted by Gasteiger charge is 2.15. The summed E-state index contributed by atoms with van der Waals surface area (Å²) in [5.74, 6) is 1.48. The van der Waals surface area contributed by atoms with E-state index in [1.807, 2.05) is 0 Å². The molecule has 1 aromatic heterocycles. The number of benzene rings is 2. The fourth-order valence-corrected chi connectivity index (χ4v) is 3.98. The Morgan fingerprint density at radius 3 is 2.33 bits per heavy atom. The number of methoxy groups -OCH3 is 2. The van der Waals surface area contributed by atoms with Crippen LogP contribution >= 0.6 is 0 Å². The smallest absolute Gasteiger partial charge is 0.263 e. The summed E-state index contributed by atoms with van der Waals surface area (Å²) in [6.45, 7) is 3.44. The number of carbonyl (C=O) groups is 1. The lowest BCUT2D eigenvalue weighted by Gasteiger charge is -2.09. The van der Waals surface area contributed by atoms with Crippen molar-refractivity contribution in [2.24, 2.45) is 0 Å². The first-order chi connectivity index (χ1) is 15.7. The average molecular weight is 469 g/mol. The molecule has 3 rings (SSSR count). The van der Waals surface area contributed by atoms with E-state index in [2.05, 4.69) is 20.0 Å². The Bertz CT molecular complexity index is 1270. The van der Waals surface area contributed by atoms with E-state index in [0.717, 1.165) is 0 Å². The molecule has 0 atom stereocenters. The minimum absolute atomic E-state index is 0.0351.